The van der Waals surface area contributed by atoms with Crippen molar-refractivity contribution in [3.63, 3.8) is 0 Å². The van der Waals surface area contributed by atoms with Crippen LogP contribution in [0.15, 0.2) is 36.7 Å². The van der Waals surface area contributed by atoms with E-state index in [1.54, 1.807) is 12.4 Å². The highest BCUT2D eigenvalue weighted by Crippen LogP contribution is 2.30. The molecule has 1 aromatic heterocycles. The lowest BCUT2D eigenvalue weighted by Gasteiger charge is -2.19. The van der Waals surface area contributed by atoms with Gasteiger partial charge in [0.15, 0.2) is 0 Å². The van der Waals surface area contributed by atoms with Crippen LogP contribution in [0.25, 0.3) is 0 Å². The van der Waals surface area contributed by atoms with Crippen molar-refractivity contribution in [3.8, 4) is 0 Å². The Morgan fingerprint density at radius 2 is 2.15 bits per heavy atom. The van der Waals surface area contributed by atoms with Crippen LogP contribution >= 0.6 is 0 Å². The quantitative estimate of drug-likeness (QED) is 0.869. The van der Waals surface area contributed by atoms with E-state index in [9.17, 15) is 4.79 Å². The van der Waals surface area contributed by atoms with Gasteiger partial charge < -0.3 is 20.3 Å². The summed E-state index contributed by atoms with van der Waals surface area (Å²) >= 11 is 0. The van der Waals surface area contributed by atoms with Crippen LogP contribution in [0.1, 0.15) is 34.1 Å². The molecule has 0 bridgehead atoms. The van der Waals surface area contributed by atoms with E-state index in [1.165, 1.54) is 11.1 Å². The molecule has 1 saturated heterocycles. The van der Waals surface area contributed by atoms with Crippen molar-refractivity contribution in [3.05, 3.63) is 53.5 Å². The van der Waals surface area contributed by atoms with Crippen molar-refractivity contribution in [2.75, 3.05) is 38.0 Å². The Kier molecular flexibility index (Phi) is 5.08. The van der Waals surface area contributed by atoms with E-state index in [1.807, 2.05) is 17.0 Å². The Morgan fingerprint density at radius 1 is 1.23 bits per heavy atom. The molecule has 0 aliphatic carbocycles. The number of rotatable bonds is 4. The van der Waals surface area contributed by atoms with Gasteiger partial charge in [-0.2, -0.15) is 0 Å². The number of nitrogens with one attached hydrogen (secondary N) is 2. The van der Waals surface area contributed by atoms with Gasteiger partial charge in [0.05, 0.1) is 19.0 Å². The molecule has 26 heavy (non-hydrogen) atoms. The fourth-order valence-corrected chi connectivity index (χ4v) is 3.37. The number of carbonyl (C=O) groups excluding carboxylic acids is 1. The van der Waals surface area contributed by atoms with Crippen LogP contribution in [0, 0.1) is 0 Å². The predicted octanol–water partition coefficient (Wildman–Crippen LogP) is 1.60. The zero-order valence-corrected chi connectivity index (χ0v) is 14.6. The minimum atomic E-state index is -0.0548. The van der Waals surface area contributed by atoms with E-state index in [0.29, 0.717) is 31.2 Å². The van der Waals surface area contributed by atoms with Crippen LogP contribution < -0.4 is 10.6 Å². The first-order chi connectivity index (χ1) is 12.8. The van der Waals surface area contributed by atoms with Crippen molar-refractivity contribution in [1.29, 1.82) is 0 Å². The lowest BCUT2D eigenvalue weighted by Crippen LogP contribution is -2.34. The summed E-state index contributed by atoms with van der Waals surface area (Å²) in [6, 6.07) is 8.24. The zero-order valence-electron chi connectivity index (χ0n) is 14.6. The highest BCUT2D eigenvalue weighted by Gasteiger charge is 2.23. The maximum absolute atomic E-state index is 12.5. The second-order valence-corrected chi connectivity index (χ2v) is 6.56. The largest absolute Gasteiger partial charge is 0.367 e. The highest BCUT2D eigenvalue weighted by atomic mass is 16.5. The van der Waals surface area contributed by atoms with E-state index in [-0.39, 0.29) is 12.0 Å². The van der Waals surface area contributed by atoms with Gasteiger partial charge in [0.2, 0.25) is 0 Å². The van der Waals surface area contributed by atoms with Crippen molar-refractivity contribution in [2.24, 2.45) is 0 Å². The molecule has 1 amide bonds. The van der Waals surface area contributed by atoms with Crippen LogP contribution in [-0.2, 0) is 11.3 Å². The Hall–Kier alpha value is -2.51. The van der Waals surface area contributed by atoms with Gasteiger partial charge in [-0.05, 0) is 24.1 Å². The van der Waals surface area contributed by atoms with Crippen molar-refractivity contribution in [1.82, 2.24) is 20.2 Å². The topological polar surface area (TPSA) is 79.4 Å². The number of nitrogens with zero attached hydrogens (tertiary/aromatic N) is 3. The van der Waals surface area contributed by atoms with Gasteiger partial charge in [-0.3, -0.25) is 4.79 Å². The number of fused-ring (bicyclic) bond motifs is 1. The molecule has 3 heterocycles. The lowest BCUT2D eigenvalue weighted by atomic mass is 10.1. The van der Waals surface area contributed by atoms with Gasteiger partial charge in [0.25, 0.3) is 5.91 Å². The summed E-state index contributed by atoms with van der Waals surface area (Å²) in [5.41, 5.74) is 2.84. The smallest absolute Gasteiger partial charge is 0.274 e. The third-order valence-corrected chi connectivity index (χ3v) is 4.81. The number of anilines is 1. The van der Waals surface area contributed by atoms with Gasteiger partial charge >= 0.3 is 0 Å². The molecular formula is C19H23N5O2. The molecule has 1 unspecified atom stereocenters. The first kappa shape index (κ1) is 16.9. The first-order valence-corrected chi connectivity index (χ1v) is 9.06. The van der Waals surface area contributed by atoms with Gasteiger partial charge in [0, 0.05) is 26.2 Å². The molecule has 136 valence electrons. The number of aromatic nitrogens is 2. The number of ether oxygens (including phenoxy) is 1. The number of hydrogen-bond donors (Lipinski definition) is 2. The molecule has 1 atom stereocenters. The molecular weight excluding hydrogens is 330 g/mol. The second-order valence-electron chi connectivity index (χ2n) is 6.56. The highest BCUT2D eigenvalue weighted by molar-refractivity contribution is 5.92. The van der Waals surface area contributed by atoms with E-state index >= 15 is 0 Å². The first-order valence-electron chi connectivity index (χ1n) is 9.06. The summed E-state index contributed by atoms with van der Waals surface area (Å²) in [5.74, 6) is 0.591. The van der Waals surface area contributed by atoms with Crippen LogP contribution in [0.3, 0.4) is 0 Å². The fraction of sp³-hybridized carbons (Fsp3) is 0.421. The van der Waals surface area contributed by atoms with Gasteiger partial charge in [0.1, 0.15) is 17.6 Å². The summed E-state index contributed by atoms with van der Waals surface area (Å²) in [7, 11) is 0. The third-order valence-electron chi connectivity index (χ3n) is 4.81. The van der Waals surface area contributed by atoms with Crippen LogP contribution in [0.4, 0.5) is 5.82 Å². The minimum Gasteiger partial charge on any atom is -0.367 e. The minimum absolute atomic E-state index is 0.0129. The molecule has 7 heteroatoms. The third kappa shape index (κ3) is 3.68. The van der Waals surface area contributed by atoms with E-state index in [2.05, 4.69) is 32.7 Å². The van der Waals surface area contributed by atoms with Gasteiger partial charge in [-0.15, -0.1) is 0 Å². The molecule has 0 spiro atoms. The normalized spacial score (nSPS) is 19.7. The standard InChI is InChI=1S/C19H23N5O2/c25-19(24-8-3-6-20-7-9-24)16-10-22-18(12-21-16)23-11-17-15-5-2-1-4-14(15)13-26-17/h1-2,4-5,10,12,17,20H,3,6-9,11,13H2,(H,22,23). The SMILES string of the molecule is O=C(c1cnc(NCC2OCc3ccccc32)cn1)N1CCCNCC1. The van der Waals surface area contributed by atoms with E-state index < -0.39 is 0 Å². The van der Waals surface area contributed by atoms with Gasteiger partial charge in [-0.1, -0.05) is 24.3 Å². The molecule has 2 aromatic rings. The molecule has 1 aromatic carbocycles. The number of carbonyl (C=O) groups is 1. The average molecular weight is 353 g/mol. The monoisotopic (exact) mass is 353 g/mol. The zero-order chi connectivity index (χ0) is 17.8. The summed E-state index contributed by atoms with van der Waals surface area (Å²) in [4.78, 5) is 23.0. The molecule has 7 nitrogen and oxygen atoms in total. The van der Waals surface area contributed by atoms with Crippen LogP contribution in [-0.4, -0.2) is 53.5 Å². The van der Waals surface area contributed by atoms with Crippen molar-refractivity contribution >= 4 is 11.7 Å². The summed E-state index contributed by atoms with van der Waals surface area (Å²) in [6.07, 6.45) is 4.14. The van der Waals surface area contributed by atoms with Crippen LogP contribution in [0.2, 0.25) is 0 Å². The molecule has 0 saturated carbocycles. The number of hydrogen-bond acceptors (Lipinski definition) is 6. The Balaban J connectivity index is 1.35. The molecule has 4 rings (SSSR count). The molecule has 2 aliphatic heterocycles. The van der Waals surface area contributed by atoms with Crippen LogP contribution in [0.5, 0.6) is 0 Å². The Morgan fingerprint density at radius 3 is 3.04 bits per heavy atom. The second kappa shape index (κ2) is 7.80. The molecule has 1 fully saturated rings. The summed E-state index contributed by atoms with van der Waals surface area (Å²) < 4.78 is 5.82. The number of benzene rings is 1. The predicted molar refractivity (Wildman–Crippen MR) is 97.9 cm³/mol. The summed E-state index contributed by atoms with van der Waals surface area (Å²) in [6.45, 7) is 4.50. The number of amides is 1. The Bertz CT molecular complexity index is 757. The van der Waals surface area contributed by atoms with E-state index in [0.717, 1.165) is 26.1 Å². The summed E-state index contributed by atoms with van der Waals surface area (Å²) in [5, 5.41) is 6.54. The molecule has 2 N–H and O–H groups in total. The molecule has 2 aliphatic rings. The maximum Gasteiger partial charge on any atom is 0.274 e. The fourth-order valence-electron chi connectivity index (χ4n) is 3.37. The van der Waals surface area contributed by atoms with E-state index in [4.69, 9.17) is 4.74 Å². The maximum atomic E-state index is 12.5. The average Bonchev–Trinajstić information content (AvgIpc) is 2.90. The van der Waals surface area contributed by atoms with Gasteiger partial charge in [-0.25, -0.2) is 9.97 Å². The molecule has 0 radical (unpaired) electrons. The lowest BCUT2D eigenvalue weighted by molar-refractivity contribution is 0.0750. The van der Waals surface area contributed by atoms with Crippen molar-refractivity contribution < 1.29 is 9.53 Å². The Labute approximate surface area is 152 Å². The van der Waals surface area contributed by atoms with Crippen molar-refractivity contribution in [2.45, 2.75) is 19.1 Å².